The summed E-state index contributed by atoms with van der Waals surface area (Å²) in [6, 6.07) is 0. The van der Waals surface area contributed by atoms with E-state index in [0.717, 1.165) is 19.1 Å². The fraction of sp³-hybridized carbons (Fsp3) is 0.700. The Kier molecular flexibility index (Phi) is 9.54. The van der Waals surface area contributed by atoms with Gasteiger partial charge in [-0.15, -0.1) is 0 Å². The molecule has 2 nitrogen and oxygen atoms in total. The Morgan fingerprint density at radius 2 is 1.75 bits per heavy atom. The molecule has 0 aromatic rings. The fourth-order valence-electron chi connectivity index (χ4n) is 1.01. The van der Waals surface area contributed by atoms with E-state index in [1.165, 1.54) is 19.3 Å². The predicted molar refractivity (Wildman–Crippen MR) is 49.9 cm³/mol. The van der Waals surface area contributed by atoms with Crippen molar-refractivity contribution >= 4 is 6.29 Å². The third-order valence-corrected chi connectivity index (χ3v) is 1.68. The average Bonchev–Trinajstić information content (AvgIpc) is 2.10. The Hall–Kier alpha value is -0.790. The van der Waals surface area contributed by atoms with E-state index in [4.69, 9.17) is 4.74 Å². The summed E-state index contributed by atoms with van der Waals surface area (Å²) in [5.41, 5.74) is 0. The Labute approximate surface area is 74.6 Å². The molecule has 0 unspecified atom stereocenters. The molecule has 0 atom stereocenters. The Morgan fingerprint density at radius 1 is 1.08 bits per heavy atom. The lowest BCUT2D eigenvalue weighted by atomic mass is 10.1. The van der Waals surface area contributed by atoms with E-state index in [1.807, 2.05) is 6.08 Å². The largest absolute Gasteiger partial charge is 0.505 e. The van der Waals surface area contributed by atoms with Crippen LogP contribution in [0.25, 0.3) is 0 Å². The van der Waals surface area contributed by atoms with Crippen LogP contribution in [0.1, 0.15) is 38.5 Å². The van der Waals surface area contributed by atoms with Crippen molar-refractivity contribution < 1.29 is 9.53 Å². The molecule has 0 saturated carbocycles. The lowest BCUT2D eigenvalue weighted by Crippen LogP contribution is -1.79. The van der Waals surface area contributed by atoms with Crippen molar-refractivity contribution in [2.75, 3.05) is 7.11 Å². The van der Waals surface area contributed by atoms with Crippen molar-refractivity contribution in [3.8, 4) is 0 Å². The van der Waals surface area contributed by atoms with Crippen LogP contribution < -0.4 is 0 Å². The van der Waals surface area contributed by atoms with Crippen LogP contribution >= 0.6 is 0 Å². The second-order valence-electron chi connectivity index (χ2n) is 2.77. The maximum Gasteiger partial charge on any atom is 0.119 e. The van der Waals surface area contributed by atoms with Gasteiger partial charge in [0.05, 0.1) is 13.4 Å². The van der Waals surface area contributed by atoms with Crippen molar-refractivity contribution in [2.45, 2.75) is 38.5 Å². The first-order chi connectivity index (χ1) is 5.91. The van der Waals surface area contributed by atoms with Gasteiger partial charge in [-0.3, -0.25) is 0 Å². The summed E-state index contributed by atoms with van der Waals surface area (Å²) in [7, 11) is 1.65. The predicted octanol–water partition coefficient (Wildman–Crippen LogP) is 2.69. The molecule has 70 valence electrons. The molecule has 0 N–H and O–H groups in total. The first kappa shape index (κ1) is 11.2. The first-order valence-corrected chi connectivity index (χ1v) is 4.53. The van der Waals surface area contributed by atoms with E-state index in [1.54, 1.807) is 13.4 Å². The number of carbonyl (C=O) groups excluding carboxylic acids is 1. The zero-order chi connectivity index (χ0) is 9.07. The second kappa shape index (κ2) is 10.2. The molecule has 0 saturated heterocycles. The minimum Gasteiger partial charge on any atom is -0.505 e. The Balaban J connectivity index is 2.90. The van der Waals surface area contributed by atoms with Gasteiger partial charge in [0.25, 0.3) is 0 Å². The standard InChI is InChI=1S/C10H18O2/c1-12-10-8-6-4-2-3-5-7-9-11/h8-10H,2-7H2,1H3. The summed E-state index contributed by atoms with van der Waals surface area (Å²) in [6.07, 6.45) is 11.1. The van der Waals surface area contributed by atoms with E-state index in [9.17, 15) is 4.79 Å². The van der Waals surface area contributed by atoms with Crippen LogP contribution in [0.15, 0.2) is 12.3 Å². The molecule has 0 bridgehead atoms. The van der Waals surface area contributed by atoms with Crippen LogP contribution in [0.2, 0.25) is 0 Å². The van der Waals surface area contributed by atoms with Gasteiger partial charge in [0, 0.05) is 6.42 Å². The molecule has 12 heavy (non-hydrogen) atoms. The summed E-state index contributed by atoms with van der Waals surface area (Å²) >= 11 is 0. The van der Waals surface area contributed by atoms with Crippen LogP contribution in [0, 0.1) is 0 Å². The highest BCUT2D eigenvalue weighted by atomic mass is 16.5. The van der Waals surface area contributed by atoms with Crippen LogP contribution in [-0.4, -0.2) is 13.4 Å². The number of methoxy groups -OCH3 is 1. The summed E-state index contributed by atoms with van der Waals surface area (Å²) in [4.78, 5) is 9.95. The molecular formula is C10H18O2. The minimum atomic E-state index is 0.716. The maximum absolute atomic E-state index is 9.95. The van der Waals surface area contributed by atoms with Crippen LogP contribution in [0.4, 0.5) is 0 Å². The molecular weight excluding hydrogens is 152 g/mol. The molecule has 0 aromatic carbocycles. The zero-order valence-corrected chi connectivity index (χ0v) is 7.79. The van der Waals surface area contributed by atoms with Crippen molar-refractivity contribution in [2.24, 2.45) is 0 Å². The normalized spacial score (nSPS) is 10.4. The minimum absolute atomic E-state index is 0.716. The highest BCUT2D eigenvalue weighted by molar-refractivity contribution is 5.48. The highest BCUT2D eigenvalue weighted by Gasteiger charge is 1.87. The number of unbranched alkanes of at least 4 members (excludes halogenated alkanes) is 5. The molecule has 0 heterocycles. The van der Waals surface area contributed by atoms with Gasteiger partial charge in [-0.1, -0.05) is 12.8 Å². The van der Waals surface area contributed by atoms with E-state index in [-0.39, 0.29) is 0 Å². The van der Waals surface area contributed by atoms with Crippen LogP contribution in [0.3, 0.4) is 0 Å². The van der Waals surface area contributed by atoms with Gasteiger partial charge >= 0.3 is 0 Å². The second-order valence-corrected chi connectivity index (χ2v) is 2.77. The molecule has 0 aliphatic carbocycles. The Bertz CT molecular complexity index is 119. The van der Waals surface area contributed by atoms with Crippen molar-refractivity contribution in [3.63, 3.8) is 0 Å². The maximum atomic E-state index is 9.95. The number of carbonyl (C=O) groups is 1. The smallest absolute Gasteiger partial charge is 0.119 e. The van der Waals surface area contributed by atoms with Gasteiger partial charge < -0.3 is 9.53 Å². The number of ether oxygens (including phenoxy) is 1. The molecule has 0 rings (SSSR count). The van der Waals surface area contributed by atoms with Crippen LogP contribution in [0.5, 0.6) is 0 Å². The van der Waals surface area contributed by atoms with Crippen molar-refractivity contribution in [1.29, 1.82) is 0 Å². The van der Waals surface area contributed by atoms with Crippen molar-refractivity contribution in [1.82, 2.24) is 0 Å². The van der Waals surface area contributed by atoms with E-state index >= 15 is 0 Å². The van der Waals surface area contributed by atoms with E-state index in [2.05, 4.69) is 0 Å². The number of rotatable bonds is 8. The third-order valence-electron chi connectivity index (χ3n) is 1.68. The quantitative estimate of drug-likeness (QED) is 0.318. The molecule has 0 aliphatic heterocycles. The lowest BCUT2D eigenvalue weighted by Gasteiger charge is -1.95. The zero-order valence-electron chi connectivity index (χ0n) is 7.79. The lowest BCUT2D eigenvalue weighted by molar-refractivity contribution is -0.107. The van der Waals surface area contributed by atoms with Crippen molar-refractivity contribution in [3.05, 3.63) is 12.3 Å². The molecule has 0 aromatic heterocycles. The molecule has 0 aliphatic rings. The van der Waals surface area contributed by atoms with E-state index in [0.29, 0.717) is 6.42 Å². The summed E-state index contributed by atoms with van der Waals surface area (Å²) in [5.74, 6) is 0. The van der Waals surface area contributed by atoms with Gasteiger partial charge in [-0.05, 0) is 25.3 Å². The van der Waals surface area contributed by atoms with Gasteiger partial charge in [-0.2, -0.15) is 0 Å². The summed E-state index contributed by atoms with van der Waals surface area (Å²) in [6.45, 7) is 0. The monoisotopic (exact) mass is 170 g/mol. The van der Waals surface area contributed by atoms with Gasteiger partial charge in [0.15, 0.2) is 0 Å². The third kappa shape index (κ3) is 9.21. The van der Waals surface area contributed by atoms with Gasteiger partial charge in [0.2, 0.25) is 0 Å². The van der Waals surface area contributed by atoms with Gasteiger partial charge in [-0.25, -0.2) is 0 Å². The molecule has 0 radical (unpaired) electrons. The number of allylic oxidation sites excluding steroid dienone is 1. The molecule has 2 heteroatoms. The summed E-state index contributed by atoms with van der Waals surface area (Å²) < 4.78 is 4.76. The topological polar surface area (TPSA) is 26.3 Å². The number of aldehydes is 1. The summed E-state index contributed by atoms with van der Waals surface area (Å²) in [5, 5.41) is 0. The van der Waals surface area contributed by atoms with Gasteiger partial charge in [0.1, 0.15) is 6.29 Å². The molecule has 0 spiro atoms. The first-order valence-electron chi connectivity index (χ1n) is 4.53. The number of hydrogen-bond acceptors (Lipinski definition) is 2. The average molecular weight is 170 g/mol. The highest BCUT2D eigenvalue weighted by Crippen LogP contribution is 2.04. The van der Waals surface area contributed by atoms with E-state index < -0.39 is 0 Å². The number of hydrogen-bond donors (Lipinski definition) is 0. The SMILES string of the molecule is COC=CCCCCCCC=O. The fourth-order valence-corrected chi connectivity index (χ4v) is 1.01. The molecule has 0 amide bonds. The molecule has 0 fully saturated rings. The Morgan fingerprint density at radius 3 is 2.33 bits per heavy atom. The van der Waals surface area contributed by atoms with Crippen LogP contribution in [-0.2, 0) is 9.53 Å².